The Labute approximate surface area is 179 Å². The summed E-state index contributed by atoms with van der Waals surface area (Å²) in [5, 5.41) is 2.89. The van der Waals surface area contributed by atoms with E-state index in [0.717, 1.165) is 36.1 Å². The fourth-order valence-electron chi connectivity index (χ4n) is 3.78. The lowest BCUT2D eigenvalue weighted by Crippen LogP contribution is -2.36. The van der Waals surface area contributed by atoms with Gasteiger partial charge in [0.25, 0.3) is 5.91 Å². The average molecular weight is 431 g/mol. The van der Waals surface area contributed by atoms with Gasteiger partial charge >= 0.3 is 0 Å². The van der Waals surface area contributed by atoms with Crippen molar-refractivity contribution in [1.82, 2.24) is 9.62 Å². The highest BCUT2D eigenvalue weighted by Gasteiger charge is 2.28. The highest BCUT2D eigenvalue weighted by atomic mass is 32.2. The smallest absolute Gasteiger partial charge is 0.251 e. The standard InChI is InChI=1S/C23H30N2O4S/c1-17-7-10-21(29-3)19(15-17)11-12-24-23(26)20-9-8-18(2)22(16-20)30(27,28)25-13-5-4-6-14-25/h7-10,15-16H,4-6,11-14H2,1-3H3,(H,24,26). The van der Waals surface area contributed by atoms with Crippen LogP contribution in [0, 0.1) is 13.8 Å². The molecule has 1 fully saturated rings. The number of aryl methyl sites for hydroxylation is 2. The number of benzene rings is 2. The topological polar surface area (TPSA) is 75.7 Å². The molecule has 30 heavy (non-hydrogen) atoms. The third kappa shape index (κ3) is 5.02. The van der Waals surface area contributed by atoms with Crippen LogP contribution >= 0.6 is 0 Å². The molecule has 1 aliphatic rings. The molecule has 0 unspecified atom stereocenters. The maximum absolute atomic E-state index is 13.1. The fraction of sp³-hybridized carbons (Fsp3) is 0.435. The summed E-state index contributed by atoms with van der Waals surface area (Å²) >= 11 is 0. The molecule has 1 N–H and O–H groups in total. The zero-order chi connectivity index (χ0) is 21.7. The first kappa shape index (κ1) is 22.3. The van der Waals surface area contributed by atoms with E-state index in [9.17, 15) is 13.2 Å². The SMILES string of the molecule is COc1ccc(C)cc1CCNC(=O)c1ccc(C)c(S(=O)(=O)N2CCCCC2)c1. The maximum atomic E-state index is 13.1. The molecular weight excluding hydrogens is 400 g/mol. The number of nitrogens with zero attached hydrogens (tertiary/aromatic N) is 1. The third-order valence-corrected chi connectivity index (χ3v) is 7.54. The van der Waals surface area contributed by atoms with Crippen LogP contribution in [0.25, 0.3) is 0 Å². The Morgan fingerprint density at radius 3 is 2.50 bits per heavy atom. The van der Waals surface area contributed by atoms with Gasteiger partial charge in [0, 0.05) is 25.2 Å². The highest BCUT2D eigenvalue weighted by Crippen LogP contribution is 2.24. The molecule has 1 heterocycles. The third-order valence-electron chi connectivity index (χ3n) is 5.50. The van der Waals surface area contributed by atoms with E-state index < -0.39 is 10.0 Å². The molecule has 2 aromatic rings. The van der Waals surface area contributed by atoms with Gasteiger partial charge in [-0.1, -0.05) is 30.2 Å². The normalized spacial score (nSPS) is 15.0. The van der Waals surface area contributed by atoms with Crippen LogP contribution in [0.15, 0.2) is 41.3 Å². The van der Waals surface area contributed by atoms with E-state index in [-0.39, 0.29) is 10.8 Å². The van der Waals surface area contributed by atoms with E-state index in [0.29, 0.717) is 37.2 Å². The molecule has 0 radical (unpaired) electrons. The van der Waals surface area contributed by atoms with Crippen molar-refractivity contribution >= 4 is 15.9 Å². The molecule has 0 atom stereocenters. The van der Waals surface area contributed by atoms with Crippen LogP contribution in [0.4, 0.5) is 0 Å². The summed E-state index contributed by atoms with van der Waals surface area (Å²) in [5.41, 5.74) is 3.16. The van der Waals surface area contributed by atoms with Crippen molar-refractivity contribution < 1.29 is 17.9 Å². The molecule has 1 amide bonds. The summed E-state index contributed by atoms with van der Waals surface area (Å²) in [4.78, 5) is 12.9. The van der Waals surface area contributed by atoms with Gasteiger partial charge in [0.15, 0.2) is 0 Å². The summed E-state index contributed by atoms with van der Waals surface area (Å²) < 4.78 is 33.0. The van der Waals surface area contributed by atoms with E-state index >= 15 is 0 Å². The molecular formula is C23H30N2O4S. The van der Waals surface area contributed by atoms with E-state index in [1.54, 1.807) is 26.2 Å². The van der Waals surface area contributed by atoms with Crippen LogP contribution in [-0.2, 0) is 16.4 Å². The van der Waals surface area contributed by atoms with E-state index in [1.165, 1.54) is 10.4 Å². The minimum absolute atomic E-state index is 0.220. The largest absolute Gasteiger partial charge is 0.496 e. The number of nitrogens with one attached hydrogen (secondary N) is 1. The van der Waals surface area contributed by atoms with Crippen molar-refractivity contribution in [2.45, 2.75) is 44.4 Å². The molecule has 7 heteroatoms. The predicted octanol–water partition coefficient (Wildman–Crippen LogP) is 3.46. The molecule has 0 saturated carbocycles. The van der Waals surface area contributed by atoms with Gasteiger partial charge < -0.3 is 10.1 Å². The van der Waals surface area contributed by atoms with Crippen LogP contribution in [-0.4, -0.2) is 45.4 Å². The first-order chi connectivity index (χ1) is 14.3. The zero-order valence-electron chi connectivity index (χ0n) is 17.9. The van der Waals surface area contributed by atoms with Gasteiger partial charge in [-0.15, -0.1) is 0 Å². The first-order valence-corrected chi connectivity index (χ1v) is 11.8. The summed E-state index contributed by atoms with van der Waals surface area (Å²) in [6.45, 7) is 5.29. The van der Waals surface area contributed by atoms with Crippen LogP contribution < -0.4 is 10.1 Å². The quantitative estimate of drug-likeness (QED) is 0.730. The summed E-state index contributed by atoms with van der Waals surface area (Å²) in [6, 6.07) is 10.8. The Kier molecular flexibility index (Phi) is 7.15. The van der Waals surface area contributed by atoms with Crippen molar-refractivity contribution in [3.05, 3.63) is 58.7 Å². The lowest BCUT2D eigenvalue weighted by Gasteiger charge is -2.26. The number of sulfonamides is 1. The van der Waals surface area contributed by atoms with Gasteiger partial charge in [-0.2, -0.15) is 4.31 Å². The monoisotopic (exact) mass is 430 g/mol. The number of piperidine rings is 1. The van der Waals surface area contributed by atoms with Crippen LogP contribution in [0.2, 0.25) is 0 Å². The molecule has 2 aromatic carbocycles. The Balaban J connectivity index is 1.71. The Hall–Kier alpha value is -2.38. The van der Waals surface area contributed by atoms with Gasteiger partial charge in [-0.25, -0.2) is 8.42 Å². The average Bonchev–Trinajstić information content (AvgIpc) is 2.74. The van der Waals surface area contributed by atoms with Crippen molar-refractivity contribution in [2.75, 3.05) is 26.7 Å². The number of hydrogen-bond donors (Lipinski definition) is 1. The Morgan fingerprint density at radius 2 is 1.80 bits per heavy atom. The molecule has 3 rings (SSSR count). The number of carbonyl (C=O) groups excluding carboxylic acids is 1. The summed E-state index contributed by atoms with van der Waals surface area (Å²) in [5.74, 6) is 0.511. The number of ether oxygens (including phenoxy) is 1. The van der Waals surface area contributed by atoms with Gasteiger partial charge in [-0.05, 0) is 62.4 Å². The molecule has 0 aromatic heterocycles. The second-order valence-corrected chi connectivity index (χ2v) is 9.67. The molecule has 6 nitrogen and oxygen atoms in total. The van der Waals surface area contributed by atoms with Gasteiger partial charge in [0.2, 0.25) is 10.0 Å². The van der Waals surface area contributed by atoms with E-state index in [4.69, 9.17) is 4.74 Å². The second-order valence-electron chi connectivity index (χ2n) is 7.77. The first-order valence-electron chi connectivity index (χ1n) is 10.4. The van der Waals surface area contributed by atoms with Gasteiger partial charge in [-0.3, -0.25) is 4.79 Å². The molecule has 162 valence electrons. The van der Waals surface area contributed by atoms with Crippen molar-refractivity contribution in [3.8, 4) is 5.75 Å². The molecule has 0 bridgehead atoms. The number of amides is 1. The molecule has 1 saturated heterocycles. The van der Waals surface area contributed by atoms with Crippen molar-refractivity contribution in [2.24, 2.45) is 0 Å². The predicted molar refractivity (Wildman–Crippen MR) is 118 cm³/mol. The highest BCUT2D eigenvalue weighted by molar-refractivity contribution is 7.89. The Morgan fingerprint density at radius 1 is 1.07 bits per heavy atom. The number of methoxy groups -OCH3 is 1. The van der Waals surface area contributed by atoms with E-state index in [2.05, 4.69) is 5.32 Å². The van der Waals surface area contributed by atoms with Crippen LogP contribution in [0.5, 0.6) is 5.75 Å². The minimum Gasteiger partial charge on any atom is -0.496 e. The van der Waals surface area contributed by atoms with E-state index in [1.807, 2.05) is 25.1 Å². The molecule has 0 spiro atoms. The Bertz CT molecular complexity index is 1010. The lowest BCUT2D eigenvalue weighted by atomic mass is 10.1. The van der Waals surface area contributed by atoms with Gasteiger partial charge in [0.05, 0.1) is 12.0 Å². The zero-order valence-corrected chi connectivity index (χ0v) is 18.7. The summed E-state index contributed by atoms with van der Waals surface area (Å²) in [6.07, 6.45) is 3.43. The number of rotatable bonds is 7. The second kappa shape index (κ2) is 9.62. The van der Waals surface area contributed by atoms with Crippen molar-refractivity contribution in [1.29, 1.82) is 0 Å². The summed E-state index contributed by atoms with van der Waals surface area (Å²) in [7, 11) is -1.96. The van der Waals surface area contributed by atoms with Crippen LogP contribution in [0.3, 0.4) is 0 Å². The van der Waals surface area contributed by atoms with Crippen molar-refractivity contribution in [3.63, 3.8) is 0 Å². The maximum Gasteiger partial charge on any atom is 0.251 e. The fourth-order valence-corrected chi connectivity index (χ4v) is 5.55. The minimum atomic E-state index is -3.59. The number of hydrogen-bond acceptors (Lipinski definition) is 4. The van der Waals surface area contributed by atoms with Gasteiger partial charge in [0.1, 0.15) is 5.75 Å². The van der Waals surface area contributed by atoms with Crippen LogP contribution in [0.1, 0.15) is 46.3 Å². The molecule has 0 aliphatic carbocycles. The lowest BCUT2D eigenvalue weighted by molar-refractivity contribution is 0.0954. The molecule has 1 aliphatic heterocycles. The number of carbonyl (C=O) groups is 1.